The van der Waals surface area contributed by atoms with Gasteiger partial charge in [-0.2, -0.15) is 0 Å². The molecule has 0 aliphatic carbocycles. The number of aryl methyl sites for hydroxylation is 2. The number of aromatic nitrogens is 2. The molecular weight excluding hydrogens is 226 g/mol. The fraction of sp³-hybridized carbons (Fsp3) is 0.714. The van der Waals surface area contributed by atoms with Crippen LogP contribution in [0.3, 0.4) is 0 Å². The molecule has 0 aromatic carbocycles. The van der Waals surface area contributed by atoms with Crippen LogP contribution in [0.15, 0.2) is 0 Å². The minimum absolute atomic E-state index is 0.00483. The maximum atomic E-state index is 5.40. The first-order valence-corrected chi connectivity index (χ1v) is 6.71. The maximum Gasteiger partial charge on any atom is 0.157 e. The fourth-order valence-corrected chi connectivity index (χ4v) is 2.12. The van der Waals surface area contributed by atoms with E-state index in [9.17, 15) is 0 Å². The Labute approximate surface area is 110 Å². The monoisotopic (exact) mass is 251 g/mol. The van der Waals surface area contributed by atoms with E-state index in [0.29, 0.717) is 0 Å². The molecule has 1 aromatic heterocycles. The highest BCUT2D eigenvalue weighted by atomic mass is 16.5. The largest absolute Gasteiger partial charge is 0.373 e. The van der Waals surface area contributed by atoms with Gasteiger partial charge in [-0.05, 0) is 45.3 Å². The molecule has 0 bridgehead atoms. The predicted molar refractivity (Wildman–Crippen MR) is 73.8 cm³/mol. The molecule has 1 rings (SSSR count). The summed E-state index contributed by atoms with van der Waals surface area (Å²) in [6, 6.07) is 0. The first-order valence-electron chi connectivity index (χ1n) is 6.71. The standard InChI is InChI=1S/C14H25N3O/c1-6-13(18-5)14-16-10(3)12(11(4)17-14)8-9-15-7-2/h13,15H,6-9H2,1-5H3. The van der Waals surface area contributed by atoms with E-state index >= 15 is 0 Å². The summed E-state index contributed by atoms with van der Waals surface area (Å²) in [6.45, 7) is 10.3. The third-order valence-electron chi connectivity index (χ3n) is 3.18. The highest BCUT2D eigenvalue weighted by Gasteiger charge is 2.15. The van der Waals surface area contributed by atoms with E-state index in [4.69, 9.17) is 4.74 Å². The molecule has 1 heterocycles. The van der Waals surface area contributed by atoms with Gasteiger partial charge < -0.3 is 10.1 Å². The lowest BCUT2D eigenvalue weighted by Gasteiger charge is -2.15. The van der Waals surface area contributed by atoms with E-state index < -0.39 is 0 Å². The van der Waals surface area contributed by atoms with Crippen molar-refractivity contribution in [2.24, 2.45) is 0 Å². The van der Waals surface area contributed by atoms with Crippen LogP contribution in [0.2, 0.25) is 0 Å². The third-order valence-corrected chi connectivity index (χ3v) is 3.18. The van der Waals surface area contributed by atoms with Gasteiger partial charge in [0, 0.05) is 18.5 Å². The molecule has 0 amide bonds. The number of likely N-dealkylation sites (N-methyl/N-ethyl adjacent to an activating group) is 1. The molecule has 0 spiro atoms. The van der Waals surface area contributed by atoms with Crippen molar-refractivity contribution in [3.8, 4) is 0 Å². The molecular formula is C14H25N3O. The van der Waals surface area contributed by atoms with E-state index in [0.717, 1.165) is 43.1 Å². The second-order valence-electron chi connectivity index (χ2n) is 4.47. The van der Waals surface area contributed by atoms with Gasteiger partial charge in [0.2, 0.25) is 0 Å². The van der Waals surface area contributed by atoms with Crippen molar-refractivity contribution >= 4 is 0 Å². The molecule has 0 aliphatic heterocycles. The number of nitrogens with zero attached hydrogens (tertiary/aromatic N) is 2. The number of methoxy groups -OCH3 is 1. The van der Waals surface area contributed by atoms with Gasteiger partial charge in [-0.25, -0.2) is 9.97 Å². The number of rotatable bonds is 7. The van der Waals surface area contributed by atoms with Crippen LogP contribution < -0.4 is 5.32 Å². The van der Waals surface area contributed by atoms with Gasteiger partial charge in [0.1, 0.15) is 6.10 Å². The van der Waals surface area contributed by atoms with Crippen molar-refractivity contribution in [2.75, 3.05) is 20.2 Å². The van der Waals surface area contributed by atoms with Crippen LogP contribution in [-0.2, 0) is 11.2 Å². The summed E-state index contributed by atoms with van der Waals surface area (Å²) in [6.07, 6.45) is 1.88. The van der Waals surface area contributed by atoms with Crippen LogP contribution in [0.25, 0.3) is 0 Å². The summed E-state index contributed by atoms with van der Waals surface area (Å²) < 4.78 is 5.40. The number of nitrogens with one attached hydrogen (secondary N) is 1. The van der Waals surface area contributed by atoms with E-state index in [-0.39, 0.29) is 6.10 Å². The molecule has 0 aliphatic rings. The van der Waals surface area contributed by atoms with Crippen LogP contribution in [0.5, 0.6) is 0 Å². The smallest absolute Gasteiger partial charge is 0.157 e. The summed E-state index contributed by atoms with van der Waals surface area (Å²) in [7, 11) is 1.71. The molecule has 1 atom stereocenters. The Morgan fingerprint density at radius 2 is 1.78 bits per heavy atom. The summed E-state index contributed by atoms with van der Waals surface area (Å²) in [4.78, 5) is 9.18. The van der Waals surface area contributed by atoms with Crippen molar-refractivity contribution in [1.82, 2.24) is 15.3 Å². The zero-order chi connectivity index (χ0) is 13.5. The lowest BCUT2D eigenvalue weighted by atomic mass is 10.1. The van der Waals surface area contributed by atoms with Crippen molar-refractivity contribution in [1.29, 1.82) is 0 Å². The van der Waals surface area contributed by atoms with E-state index in [1.54, 1.807) is 7.11 Å². The zero-order valence-corrected chi connectivity index (χ0v) is 12.2. The van der Waals surface area contributed by atoms with Gasteiger partial charge >= 0.3 is 0 Å². The van der Waals surface area contributed by atoms with Crippen LogP contribution >= 0.6 is 0 Å². The van der Waals surface area contributed by atoms with Crippen molar-refractivity contribution in [2.45, 2.75) is 46.6 Å². The Hall–Kier alpha value is -1.00. The molecule has 0 fully saturated rings. The number of hydrogen-bond donors (Lipinski definition) is 1. The summed E-state index contributed by atoms with van der Waals surface area (Å²) in [5, 5.41) is 3.33. The molecule has 4 heteroatoms. The third kappa shape index (κ3) is 3.75. The molecule has 1 aromatic rings. The maximum absolute atomic E-state index is 5.40. The van der Waals surface area contributed by atoms with Crippen molar-refractivity contribution in [3.05, 3.63) is 22.8 Å². The topological polar surface area (TPSA) is 47.0 Å². The van der Waals surface area contributed by atoms with Gasteiger partial charge in [0.25, 0.3) is 0 Å². The van der Waals surface area contributed by atoms with Gasteiger partial charge in [0.05, 0.1) is 0 Å². The lowest BCUT2D eigenvalue weighted by Crippen LogP contribution is -2.18. The van der Waals surface area contributed by atoms with Gasteiger partial charge in [-0.1, -0.05) is 13.8 Å². The Morgan fingerprint density at radius 3 is 2.22 bits per heavy atom. The Morgan fingerprint density at radius 1 is 1.17 bits per heavy atom. The first kappa shape index (κ1) is 15.1. The Balaban J connectivity index is 2.89. The summed E-state index contributed by atoms with van der Waals surface area (Å²) >= 11 is 0. The average Bonchev–Trinajstić information content (AvgIpc) is 2.34. The molecule has 1 N–H and O–H groups in total. The molecule has 0 saturated heterocycles. The molecule has 1 unspecified atom stereocenters. The van der Waals surface area contributed by atoms with Crippen LogP contribution in [-0.4, -0.2) is 30.2 Å². The number of hydrogen-bond acceptors (Lipinski definition) is 4. The van der Waals surface area contributed by atoms with Gasteiger partial charge in [0.15, 0.2) is 5.82 Å². The first-order chi connectivity index (χ1) is 8.63. The second kappa shape index (κ2) is 7.44. The average molecular weight is 251 g/mol. The van der Waals surface area contributed by atoms with Gasteiger partial charge in [-0.15, -0.1) is 0 Å². The van der Waals surface area contributed by atoms with E-state index in [1.807, 2.05) is 0 Å². The summed E-state index contributed by atoms with van der Waals surface area (Å²) in [5.74, 6) is 0.808. The molecule has 4 nitrogen and oxygen atoms in total. The van der Waals surface area contributed by atoms with Gasteiger partial charge in [-0.3, -0.25) is 0 Å². The summed E-state index contributed by atoms with van der Waals surface area (Å²) in [5.41, 5.74) is 3.41. The number of ether oxygens (including phenoxy) is 1. The molecule has 0 radical (unpaired) electrons. The highest BCUT2D eigenvalue weighted by molar-refractivity contribution is 5.25. The second-order valence-corrected chi connectivity index (χ2v) is 4.47. The normalized spacial score (nSPS) is 12.7. The van der Waals surface area contributed by atoms with E-state index in [1.165, 1.54) is 5.56 Å². The lowest BCUT2D eigenvalue weighted by molar-refractivity contribution is 0.0922. The van der Waals surface area contributed by atoms with Crippen molar-refractivity contribution in [3.63, 3.8) is 0 Å². The van der Waals surface area contributed by atoms with Crippen molar-refractivity contribution < 1.29 is 4.74 Å². The van der Waals surface area contributed by atoms with Crippen LogP contribution in [0, 0.1) is 13.8 Å². The highest BCUT2D eigenvalue weighted by Crippen LogP contribution is 2.19. The van der Waals surface area contributed by atoms with E-state index in [2.05, 4.69) is 43.0 Å². The SMILES string of the molecule is CCNCCc1c(C)nc(C(CC)OC)nc1C. The minimum atomic E-state index is 0.00483. The van der Waals surface area contributed by atoms with Crippen LogP contribution in [0.1, 0.15) is 49.1 Å². The Bertz CT molecular complexity index is 352. The molecule has 0 saturated carbocycles. The predicted octanol–water partition coefficient (Wildman–Crippen LogP) is 2.34. The fourth-order valence-electron chi connectivity index (χ4n) is 2.12. The minimum Gasteiger partial charge on any atom is -0.373 e. The zero-order valence-electron chi connectivity index (χ0n) is 12.2. The molecule has 18 heavy (non-hydrogen) atoms. The molecule has 102 valence electrons. The van der Waals surface area contributed by atoms with Crippen LogP contribution in [0.4, 0.5) is 0 Å². The quantitative estimate of drug-likeness (QED) is 0.756. The Kier molecular flexibility index (Phi) is 6.22.